The van der Waals surface area contributed by atoms with E-state index in [1.54, 1.807) is 0 Å². The monoisotopic (exact) mass is 309 g/mol. The first-order valence-corrected chi connectivity index (χ1v) is 8.31. The third-order valence-electron chi connectivity index (χ3n) is 4.07. The number of piperazine rings is 1. The van der Waals surface area contributed by atoms with E-state index < -0.39 is 0 Å². The Balaban J connectivity index is 1.81. The zero-order valence-corrected chi connectivity index (χ0v) is 14.3. The van der Waals surface area contributed by atoms with Crippen molar-refractivity contribution >= 4 is 17.3 Å². The van der Waals surface area contributed by atoms with Gasteiger partial charge < -0.3 is 10.2 Å². The van der Waals surface area contributed by atoms with Gasteiger partial charge >= 0.3 is 0 Å². The van der Waals surface area contributed by atoms with Crippen molar-refractivity contribution in [2.24, 2.45) is 5.41 Å². The van der Waals surface area contributed by atoms with Crippen LogP contribution in [0.15, 0.2) is 24.3 Å². The first-order chi connectivity index (χ1) is 10.00. The minimum absolute atomic E-state index is 0.332. The normalized spacial score (nSPS) is 17.2. The highest BCUT2D eigenvalue weighted by molar-refractivity contribution is 6.30. The van der Waals surface area contributed by atoms with E-state index in [0.717, 1.165) is 50.8 Å². The van der Waals surface area contributed by atoms with E-state index in [4.69, 9.17) is 11.6 Å². The van der Waals surface area contributed by atoms with E-state index in [0.29, 0.717) is 5.41 Å². The van der Waals surface area contributed by atoms with E-state index in [9.17, 15) is 0 Å². The number of halogens is 1. The summed E-state index contributed by atoms with van der Waals surface area (Å²) in [7, 11) is 0. The molecule has 4 heteroatoms. The van der Waals surface area contributed by atoms with Crippen molar-refractivity contribution in [2.45, 2.75) is 20.8 Å². The average Bonchev–Trinajstić information content (AvgIpc) is 2.47. The van der Waals surface area contributed by atoms with Crippen LogP contribution in [0.1, 0.15) is 20.8 Å². The summed E-state index contributed by atoms with van der Waals surface area (Å²) in [6, 6.07) is 8.19. The molecule has 118 valence electrons. The van der Waals surface area contributed by atoms with Gasteiger partial charge in [-0.25, -0.2) is 0 Å². The maximum atomic E-state index is 5.96. The van der Waals surface area contributed by atoms with Gasteiger partial charge in [0, 0.05) is 50.0 Å². The Morgan fingerprint density at radius 3 is 2.29 bits per heavy atom. The minimum Gasteiger partial charge on any atom is -0.369 e. The van der Waals surface area contributed by atoms with Crippen LogP contribution in [-0.2, 0) is 0 Å². The Bertz CT molecular complexity index is 422. The van der Waals surface area contributed by atoms with Crippen molar-refractivity contribution in [3.63, 3.8) is 0 Å². The number of nitrogens with one attached hydrogen (secondary N) is 1. The maximum absolute atomic E-state index is 5.96. The summed E-state index contributed by atoms with van der Waals surface area (Å²) >= 11 is 5.96. The molecule has 1 saturated heterocycles. The second kappa shape index (κ2) is 7.48. The molecule has 0 saturated carbocycles. The zero-order chi connectivity index (χ0) is 15.3. The smallest absolute Gasteiger partial charge is 0.0407 e. The number of rotatable bonds is 6. The van der Waals surface area contributed by atoms with Gasteiger partial charge in [0.1, 0.15) is 0 Å². The highest BCUT2D eigenvalue weighted by Gasteiger charge is 2.24. The van der Waals surface area contributed by atoms with Crippen LogP contribution in [-0.4, -0.2) is 50.7 Å². The predicted molar refractivity (Wildman–Crippen MR) is 92.4 cm³/mol. The SMILES string of the molecule is CCNCC(C)(C)CN1CCN(c2ccc(Cl)cc2)CC1. The molecular formula is C17H28ClN3. The standard InChI is InChI=1S/C17H28ClN3/c1-4-19-13-17(2,3)14-20-9-11-21(12-10-20)16-7-5-15(18)6-8-16/h5-8,19H,4,9-14H2,1-3H3. The van der Waals surface area contributed by atoms with Crippen LogP contribution in [0.25, 0.3) is 0 Å². The molecule has 1 fully saturated rings. The Morgan fingerprint density at radius 1 is 1.10 bits per heavy atom. The van der Waals surface area contributed by atoms with Gasteiger partial charge in [0.15, 0.2) is 0 Å². The molecule has 0 unspecified atom stereocenters. The van der Waals surface area contributed by atoms with E-state index >= 15 is 0 Å². The van der Waals surface area contributed by atoms with Crippen molar-refractivity contribution in [3.8, 4) is 0 Å². The quantitative estimate of drug-likeness (QED) is 0.871. The van der Waals surface area contributed by atoms with E-state index in [1.165, 1.54) is 5.69 Å². The van der Waals surface area contributed by atoms with Gasteiger partial charge in [0.25, 0.3) is 0 Å². The topological polar surface area (TPSA) is 18.5 Å². The molecule has 1 aliphatic heterocycles. The van der Waals surface area contributed by atoms with Crippen molar-refractivity contribution in [1.29, 1.82) is 0 Å². The lowest BCUT2D eigenvalue weighted by atomic mass is 9.92. The maximum Gasteiger partial charge on any atom is 0.0407 e. The Morgan fingerprint density at radius 2 is 1.71 bits per heavy atom. The van der Waals surface area contributed by atoms with Crippen LogP contribution in [0.5, 0.6) is 0 Å². The average molecular weight is 310 g/mol. The van der Waals surface area contributed by atoms with Gasteiger partial charge in [-0.2, -0.15) is 0 Å². The lowest BCUT2D eigenvalue weighted by molar-refractivity contribution is 0.167. The zero-order valence-electron chi connectivity index (χ0n) is 13.5. The van der Waals surface area contributed by atoms with Gasteiger partial charge in [-0.1, -0.05) is 32.4 Å². The molecule has 1 aromatic carbocycles. The van der Waals surface area contributed by atoms with Crippen molar-refractivity contribution in [3.05, 3.63) is 29.3 Å². The van der Waals surface area contributed by atoms with Crippen LogP contribution < -0.4 is 10.2 Å². The van der Waals surface area contributed by atoms with Gasteiger partial charge in [-0.3, -0.25) is 4.90 Å². The third kappa shape index (κ3) is 5.17. The summed E-state index contributed by atoms with van der Waals surface area (Å²) in [5.74, 6) is 0. The van der Waals surface area contributed by atoms with E-state index in [2.05, 4.69) is 48.0 Å². The van der Waals surface area contributed by atoms with Gasteiger partial charge in [0.05, 0.1) is 0 Å². The van der Waals surface area contributed by atoms with E-state index in [1.807, 2.05) is 12.1 Å². The third-order valence-corrected chi connectivity index (χ3v) is 4.32. The molecule has 0 atom stereocenters. The van der Waals surface area contributed by atoms with Crippen LogP contribution in [0.2, 0.25) is 5.02 Å². The molecule has 0 bridgehead atoms. The minimum atomic E-state index is 0.332. The fourth-order valence-corrected chi connectivity index (χ4v) is 3.07. The molecule has 0 aromatic heterocycles. The molecule has 0 aliphatic carbocycles. The summed E-state index contributed by atoms with van der Waals surface area (Å²) in [6.45, 7) is 14.6. The molecule has 1 aromatic rings. The Hall–Kier alpha value is -0.770. The lowest BCUT2D eigenvalue weighted by Crippen LogP contribution is -2.50. The molecule has 0 amide bonds. The Labute approximate surface area is 134 Å². The number of anilines is 1. The van der Waals surface area contributed by atoms with Crippen molar-refractivity contribution in [2.75, 3.05) is 50.7 Å². The van der Waals surface area contributed by atoms with Gasteiger partial charge in [-0.15, -0.1) is 0 Å². The highest BCUT2D eigenvalue weighted by Crippen LogP contribution is 2.21. The molecule has 1 N–H and O–H groups in total. The number of nitrogens with zero attached hydrogens (tertiary/aromatic N) is 2. The fourth-order valence-electron chi connectivity index (χ4n) is 2.94. The molecular weight excluding hydrogens is 282 g/mol. The molecule has 0 radical (unpaired) electrons. The summed E-state index contributed by atoms with van der Waals surface area (Å²) in [4.78, 5) is 5.04. The van der Waals surface area contributed by atoms with Crippen molar-refractivity contribution in [1.82, 2.24) is 10.2 Å². The molecule has 1 heterocycles. The fraction of sp³-hybridized carbons (Fsp3) is 0.647. The Kier molecular flexibility index (Phi) is 5.91. The number of benzene rings is 1. The summed E-state index contributed by atoms with van der Waals surface area (Å²) in [6.07, 6.45) is 0. The molecule has 0 spiro atoms. The van der Waals surface area contributed by atoms with Crippen LogP contribution >= 0.6 is 11.6 Å². The summed E-state index contributed by atoms with van der Waals surface area (Å²) < 4.78 is 0. The molecule has 3 nitrogen and oxygen atoms in total. The summed E-state index contributed by atoms with van der Waals surface area (Å²) in [5, 5.41) is 4.28. The van der Waals surface area contributed by atoms with Crippen LogP contribution in [0, 0.1) is 5.41 Å². The number of hydrogen-bond donors (Lipinski definition) is 1. The second-order valence-electron chi connectivity index (χ2n) is 6.68. The molecule has 1 aliphatic rings. The first kappa shape index (κ1) is 16.6. The van der Waals surface area contributed by atoms with Crippen LogP contribution in [0.3, 0.4) is 0 Å². The van der Waals surface area contributed by atoms with Gasteiger partial charge in [-0.05, 0) is 36.2 Å². The largest absolute Gasteiger partial charge is 0.369 e. The van der Waals surface area contributed by atoms with E-state index in [-0.39, 0.29) is 0 Å². The highest BCUT2D eigenvalue weighted by atomic mass is 35.5. The molecule has 2 rings (SSSR count). The van der Waals surface area contributed by atoms with Crippen LogP contribution in [0.4, 0.5) is 5.69 Å². The molecule has 21 heavy (non-hydrogen) atoms. The second-order valence-corrected chi connectivity index (χ2v) is 7.12. The number of hydrogen-bond acceptors (Lipinski definition) is 3. The lowest BCUT2D eigenvalue weighted by Gasteiger charge is -2.40. The predicted octanol–water partition coefficient (Wildman–Crippen LogP) is 3.10. The van der Waals surface area contributed by atoms with Crippen molar-refractivity contribution < 1.29 is 0 Å². The first-order valence-electron chi connectivity index (χ1n) is 7.94. The van der Waals surface area contributed by atoms with Gasteiger partial charge in [0.2, 0.25) is 0 Å². The summed E-state index contributed by atoms with van der Waals surface area (Å²) in [5.41, 5.74) is 1.62.